The molecular formula is C20H13ClN4O8. The summed E-state index contributed by atoms with van der Waals surface area (Å²) < 4.78 is 4.34. The average molecular weight is 473 g/mol. The van der Waals surface area contributed by atoms with Crippen LogP contribution < -0.4 is 10.9 Å². The van der Waals surface area contributed by atoms with Crippen molar-refractivity contribution in [3.8, 4) is 0 Å². The van der Waals surface area contributed by atoms with Crippen LogP contribution in [0, 0.1) is 10.1 Å². The number of nitro groups is 1. The number of amides is 1. The second-order valence-electron chi connectivity index (χ2n) is 6.53. The van der Waals surface area contributed by atoms with Crippen molar-refractivity contribution in [1.82, 2.24) is 9.97 Å². The number of rotatable bonds is 7. The van der Waals surface area contributed by atoms with E-state index in [4.69, 9.17) is 11.6 Å². The summed E-state index contributed by atoms with van der Waals surface area (Å²) in [7, 11) is 0.880. The number of carbonyl (C=O) groups is 4. The molecule has 2 aromatic carbocycles. The molecule has 1 unspecified atom stereocenters. The monoisotopic (exact) mass is 472 g/mol. The highest BCUT2D eigenvalue weighted by Gasteiger charge is 2.40. The van der Waals surface area contributed by atoms with E-state index in [0.717, 1.165) is 19.2 Å². The molecule has 1 atom stereocenters. The topological polar surface area (TPSA) is 178 Å². The highest BCUT2D eigenvalue weighted by Crippen LogP contribution is 2.21. The highest BCUT2D eigenvalue weighted by atomic mass is 35.5. The SMILES string of the molecule is COC(=O)C(=O)C(C(=O)C(=O)Nc1cccc(Cl)c1)c1nc2ccc([N+](=O)[O-])cc2[nH]c1=O. The Kier molecular flexibility index (Phi) is 6.59. The molecule has 0 radical (unpaired) electrons. The lowest BCUT2D eigenvalue weighted by molar-refractivity contribution is -0.384. The Balaban J connectivity index is 2.07. The average Bonchev–Trinajstić information content (AvgIpc) is 2.78. The molecule has 0 aliphatic heterocycles. The Bertz CT molecular complexity index is 1380. The number of ketones is 2. The number of non-ortho nitro benzene ring substituents is 1. The number of nitro benzene ring substituents is 1. The molecule has 0 saturated heterocycles. The van der Waals surface area contributed by atoms with Gasteiger partial charge >= 0.3 is 5.97 Å². The van der Waals surface area contributed by atoms with Crippen molar-refractivity contribution in [3.05, 3.63) is 73.6 Å². The molecule has 0 bridgehead atoms. The summed E-state index contributed by atoms with van der Waals surface area (Å²) in [4.78, 5) is 78.9. The highest BCUT2D eigenvalue weighted by molar-refractivity contribution is 6.52. The number of nitrogens with zero attached hydrogens (tertiary/aromatic N) is 2. The van der Waals surface area contributed by atoms with Crippen LogP contribution in [0.1, 0.15) is 11.6 Å². The van der Waals surface area contributed by atoms with Crippen LogP contribution in [0.15, 0.2) is 47.3 Å². The van der Waals surface area contributed by atoms with Crippen molar-refractivity contribution in [3.63, 3.8) is 0 Å². The van der Waals surface area contributed by atoms with Crippen LogP contribution >= 0.6 is 11.6 Å². The van der Waals surface area contributed by atoms with E-state index in [1.807, 2.05) is 0 Å². The smallest absolute Gasteiger partial charge is 0.375 e. The van der Waals surface area contributed by atoms with Crippen LogP contribution in [0.2, 0.25) is 5.02 Å². The van der Waals surface area contributed by atoms with E-state index in [2.05, 4.69) is 20.0 Å². The van der Waals surface area contributed by atoms with E-state index < -0.39 is 45.5 Å². The number of hydrogen-bond acceptors (Lipinski definition) is 9. The number of nitrogens with one attached hydrogen (secondary N) is 2. The van der Waals surface area contributed by atoms with Gasteiger partial charge in [-0.25, -0.2) is 9.78 Å². The van der Waals surface area contributed by atoms with Gasteiger partial charge in [0.25, 0.3) is 22.9 Å². The Morgan fingerprint density at radius 1 is 1.15 bits per heavy atom. The quantitative estimate of drug-likeness (QED) is 0.169. The minimum atomic E-state index is -2.22. The number of H-pyrrole nitrogens is 1. The third-order valence-corrected chi connectivity index (χ3v) is 4.64. The van der Waals surface area contributed by atoms with Crippen LogP contribution in [0.5, 0.6) is 0 Å². The predicted molar refractivity (Wildman–Crippen MR) is 114 cm³/mol. The number of aromatic amines is 1. The summed E-state index contributed by atoms with van der Waals surface area (Å²) in [6, 6.07) is 9.05. The zero-order valence-corrected chi connectivity index (χ0v) is 17.4. The van der Waals surface area contributed by atoms with E-state index in [-0.39, 0.29) is 27.4 Å². The number of ether oxygens (including phenoxy) is 1. The molecule has 0 aliphatic rings. The van der Waals surface area contributed by atoms with Crippen molar-refractivity contribution in [2.24, 2.45) is 0 Å². The van der Waals surface area contributed by atoms with Crippen molar-refractivity contribution in [2.45, 2.75) is 5.92 Å². The van der Waals surface area contributed by atoms with Gasteiger partial charge in [0.05, 0.1) is 23.1 Å². The van der Waals surface area contributed by atoms with E-state index in [0.29, 0.717) is 0 Å². The van der Waals surface area contributed by atoms with Crippen LogP contribution in [-0.2, 0) is 23.9 Å². The first-order valence-corrected chi connectivity index (χ1v) is 9.41. The third-order valence-electron chi connectivity index (χ3n) is 4.40. The van der Waals surface area contributed by atoms with Gasteiger partial charge in [0.15, 0.2) is 0 Å². The lowest BCUT2D eigenvalue weighted by Crippen LogP contribution is -2.39. The standard InChI is InChI=1S/C20H13ClN4O8/c1-33-20(30)17(27)14(16(26)19(29)22-10-4-2-3-9(21)7-10)15-18(28)24-13-8-11(25(31)32)5-6-12(13)23-15/h2-8,14H,1H3,(H,22,29)(H,24,28). The molecule has 0 spiro atoms. The van der Waals surface area contributed by atoms with Gasteiger partial charge in [-0.1, -0.05) is 17.7 Å². The van der Waals surface area contributed by atoms with Gasteiger partial charge in [0, 0.05) is 22.8 Å². The molecule has 2 N–H and O–H groups in total. The van der Waals surface area contributed by atoms with E-state index >= 15 is 0 Å². The van der Waals surface area contributed by atoms with Crippen molar-refractivity contribution in [1.29, 1.82) is 0 Å². The molecule has 13 heteroatoms. The van der Waals surface area contributed by atoms with Gasteiger partial charge in [0.2, 0.25) is 5.78 Å². The number of benzene rings is 2. The minimum absolute atomic E-state index is 0.0269. The fourth-order valence-corrected chi connectivity index (χ4v) is 3.06. The molecule has 33 heavy (non-hydrogen) atoms. The Morgan fingerprint density at radius 2 is 1.88 bits per heavy atom. The summed E-state index contributed by atoms with van der Waals surface area (Å²) in [6.07, 6.45) is 0. The summed E-state index contributed by atoms with van der Waals surface area (Å²) in [5, 5.41) is 13.4. The number of hydrogen-bond donors (Lipinski definition) is 2. The third kappa shape index (κ3) is 4.91. The van der Waals surface area contributed by atoms with Gasteiger partial charge < -0.3 is 15.0 Å². The van der Waals surface area contributed by atoms with Crippen molar-refractivity contribution >= 4 is 57.5 Å². The molecular weight excluding hydrogens is 460 g/mol. The van der Waals surface area contributed by atoms with E-state index in [9.17, 15) is 34.1 Å². The molecule has 0 fully saturated rings. The maximum atomic E-state index is 12.9. The fourth-order valence-electron chi connectivity index (χ4n) is 2.87. The number of anilines is 1. The summed E-state index contributed by atoms with van der Waals surface area (Å²) in [6.45, 7) is 0. The second kappa shape index (κ2) is 9.36. The predicted octanol–water partition coefficient (Wildman–Crippen LogP) is 1.52. The minimum Gasteiger partial charge on any atom is -0.463 e. The van der Waals surface area contributed by atoms with Crippen LogP contribution in [0.25, 0.3) is 11.0 Å². The Labute approximate surface area is 188 Å². The summed E-state index contributed by atoms with van der Waals surface area (Å²) in [5.74, 6) is -7.97. The first kappa shape index (κ1) is 23.2. The Hall–Kier alpha value is -4.45. The molecule has 3 rings (SSSR count). The molecule has 1 amide bonds. The van der Waals surface area contributed by atoms with Gasteiger partial charge in [-0.15, -0.1) is 0 Å². The molecule has 3 aromatic rings. The first-order chi connectivity index (χ1) is 15.6. The fraction of sp³-hybridized carbons (Fsp3) is 0.100. The molecule has 0 aliphatic carbocycles. The van der Waals surface area contributed by atoms with Gasteiger partial charge in [-0.2, -0.15) is 0 Å². The zero-order valence-electron chi connectivity index (χ0n) is 16.7. The molecule has 1 heterocycles. The zero-order chi connectivity index (χ0) is 24.3. The van der Waals surface area contributed by atoms with Crippen LogP contribution in [-0.4, -0.2) is 45.4 Å². The lowest BCUT2D eigenvalue weighted by atomic mass is 9.94. The molecule has 0 saturated carbocycles. The van der Waals surface area contributed by atoms with Gasteiger partial charge in [-0.3, -0.25) is 29.3 Å². The van der Waals surface area contributed by atoms with Crippen molar-refractivity contribution < 1.29 is 28.8 Å². The number of carbonyl (C=O) groups excluding carboxylic acids is 4. The number of fused-ring (bicyclic) bond motifs is 1. The van der Waals surface area contributed by atoms with Gasteiger partial charge in [0.1, 0.15) is 11.6 Å². The summed E-state index contributed by atoms with van der Waals surface area (Å²) in [5.41, 5.74) is -2.16. The maximum absolute atomic E-state index is 12.9. The van der Waals surface area contributed by atoms with E-state index in [1.54, 1.807) is 0 Å². The molecule has 1 aromatic heterocycles. The molecule has 168 valence electrons. The van der Waals surface area contributed by atoms with Crippen LogP contribution in [0.3, 0.4) is 0 Å². The van der Waals surface area contributed by atoms with E-state index in [1.165, 1.54) is 30.3 Å². The lowest BCUT2D eigenvalue weighted by Gasteiger charge is -2.13. The van der Waals surface area contributed by atoms with Crippen LogP contribution in [0.4, 0.5) is 11.4 Å². The summed E-state index contributed by atoms with van der Waals surface area (Å²) >= 11 is 5.83. The van der Waals surface area contributed by atoms with Gasteiger partial charge in [-0.05, 0) is 24.3 Å². The normalized spacial score (nSPS) is 11.5. The largest absolute Gasteiger partial charge is 0.463 e. The maximum Gasteiger partial charge on any atom is 0.375 e. The first-order valence-electron chi connectivity index (χ1n) is 9.03. The second-order valence-corrected chi connectivity index (χ2v) is 6.96. The Morgan fingerprint density at radius 3 is 2.52 bits per heavy atom. The number of Topliss-reactive ketones (excluding diaryl/α,β-unsaturated/α-hetero) is 2. The molecule has 12 nitrogen and oxygen atoms in total. The number of aromatic nitrogens is 2. The van der Waals surface area contributed by atoms with Crippen molar-refractivity contribution in [2.75, 3.05) is 12.4 Å². The number of esters is 1. The number of methoxy groups -OCH3 is 1. The number of halogens is 1.